The van der Waals surface area contributed by atoms with E-state index in [1.807, 2.05) is 35.8 Å². The Balaban J connectivity index is 2.05. The first-order valence-corrected chi connectivity index (χ1v) is 7.63. The molecule has 3 aromatic rings. The maximum absolute atomic E-state index is 14.1. The quantitative estimate of drug-likeness (QED) is 0.796. The number of methoxy groups -OCH3 is 1. The zero-order valence-corrected chi connectivity index (χ0v) is 13.5. The molecule has 1 aromatic heterocycles. The van der Waals surface area contributed by atoms with Gasteiger partial charge in [0, 0.05) is 5.56 Å². The van der Waals surface area contributed by atoms with E-state index in [4.69, 9.17) is 0 Å². The highest BCUT2D eigenvalue weighted by atomic mass is 19.1. The van der Waals surface area contributed by atoms with Crippen molar-refractivity contribution in [2.75, 3.05) is 7.11 Å². The lowest BCUT2D eigenvalue weighted by atomic mass is 10.2. The van der Waals surface area contributed by atoms with Crippen LogP contribution in [0, 0.1) is 5.82 Å². The van der Waals surface area contributed by atoms with Crippen molar-refractivity contribution in [3.8, 4) is 0 Å². The maximum atomic E-state index is 14.1. The summed E-state index contributed by atoms with van der Waals surface area (Å²) in [5.41, 5.74) is 2.24. The molecule has 0 spiro atoms. The molecule has 0 saturated carbocycles. The number of halogens is 1. The third kappa shape index (κ3) is 3.08. The molecule has 1 N–H and O–H groups in total. The summed E-state index contributed by atoms with van der Waals surface area (Å²) in [6.45, 7) is 2.14. The summed E-state index contributed by atoms with van der Waals surface area (Å²) >= 11 is 0. The van der Waals surface area contributed by atoms with Gasteiger partial charge in [0.05, 0.1) is 30.7 Å². The summed E-state index contributed by atoms with van der Waals surface area (Å²) in [6, 6.07) is 13.9. The largest absolute Gasteiger partial charge is 0.453 e. The number of nitrogens with one attached hydrogen (secondary N) is 1. The average Bonchev–Trinajstić information content (AvgIpc) is 2.95. The molecule has 1 amide bonds. The van der Waals surface area contributed by atoms with Crippen molar-refractivity contribution in [3.63, 3.8) is 0 Å². The van der Waals surface area contributed by atoms with E-state index in [9.17, 15) is 9.18 Å². The lowest BCUT2D eigenvalue weighted by molar-refractivity contribution is 0.167. The molecule has 0 aliphatic rings. The molecular weight excluding hydrogens is 309 g/mol. The predicted octanol–water partition coefficient (Wildman–Crippen LogP) is 3.64. The van der Waals surface area contributed by atoms with Crippen LogP contribution in [-0.4, -0.2) is 22.8 Å². The van der Waals surface area contributed by atoms with Crippen LogP contribution in [-0.2, 0) is 11.3 Å². The van der Waals surface area contributed by atoms with Gasteiger partial charge in [0.1, 0.15) is 11.6 Å². The number of hydrogen-bond acceptors (Lipinski definition) is 3. The molecule has 1 atom stereocenters. The van der Waals surface area contributed by atoms with Crippen LogP contribution in [0.5, 0.6) is 0 Å². The molecule has 2 aromatic carbocycles. The minimum absolute atomic E-state index is 0.269. The number of nitrogens with zero attached hydrogens (tertiary/aromatic N) is 2. The van der Waals surface area contributed by atoms with E-state index >= 15 is 0 Å². The second kappa shape index (κ2) is 6.70. The molecule has 24 heavy (non-hydrogen) atoms. The van der Waals surface area contributed by atoms with Crippen LogP contribution in [0.25, 0.3) is 11.0 Å². The van der Waals surface area contributed by atoms with Crippen molar-refractivity contribution in [2.45, 2.75) is 19.5 Å². The lowest BCUT2D eigenvalue weighted by Gasteiger charge is -2.16. The Morgan fingerprint density at radius 3 is 2.71 bits per heavy atom. The molecule has 1 heterocycles. The fraction of sp³-hybridized carbons (Fsp3) is 0.222. The van der Waals surface area contributed by atoms with E-state index in [2.05, 4.69) is 15.0 Å². The van der Waals surface area contributed by atoms with E-state index < -0.39 is 6.09 Å². The number of ether oxygens (including phenoxy) is 1. The molecule has 0 saturated heterocycles. The number of rotatable bonds is 4. The summed E-state index contributed by atoms with van der Waals surface area (Å²) < 4.78 is 20.6. The fourth-order valence-electron chi connectivity index (χ4n) is 2.69. The van der Waals surface area contributed by atoms with Crippen LogP contribution >= 0.6 is 0 Å². The van der Waals surface area contributed by atoms with Crippen molar-refractivity contribution in [3.05, 3.63) is 65.7 Å². The van der Waals surface area contributed by atoms with Crippen molar-refractivity contribution in [2.24, 2.45) is 0 Å². The first-order valence-electron chi connectivity index (χ1n) is 7.63. The zero-order chi connectivity index (χ0) is 17.1. The average molecular weight is 327 g/mol. The Kier molecular flexibility index (Phi) is 4.46. The van der Waals surface area contributed by atoms with Crippen molar-refractivity contribution in [1.29, 1.82) is 0 Å². The van der Waals surface area contributed by atoms with Crippen LogP contribution in [0.1, 0.15) is 24.4 Å². The van der Waals surface area contributed by atoms with E-state index in [0.29, 0.717) is 17.9 Å². The van der Waals surface area contributed by atoms with Gasteiger partial charge in [-0.1, -0.05) is 30.3 Å². The van der Waals surface area contributed by atoms with Gasteiger partial charge in [-0.3, -0.25) is 0 Å². The predicted molar refractivity (Wildman–Crippen MR) is 89.2 cm³/mol. The van der Waals surface area contributed by atoms with Gasteiger partial charge < -0.3 is 14.6 Å². The Morgan fingerprint density at radius 1 is 1.25 bits per heavy atom. The number of para-hydroxylation sites is 2. The van der Waals surface area contributed by atoms with Gasteiger partial charge in [0.2, 0.25) is 0 Å². The molecule has 0 aliphatic carbocycles. The third-order valence-corrected chi connectivity index (χ3v) is 3.88. The molecule has 0 unspecified atom stereocenters. The number of amides is 1. The Bertz CT molecular complexity index is 876. The fourth-order valence-corrected chi connectivity index (χ4v) is 2.69. The van der Waals surface area contributed by atoms with E-state index in [0.717, 1.165) is 11.0 Å². The van der Waals surface area contributed by atoms with Crippen LogP contribution in [0.15, 0.2) is 48.5 Å². The number of alkyl carbamates (subject to hydrolysis) is 1. The molecule has 0 aliphatic heterocycles. The van der Waals surface area contributed by atoms with Crippen molar-refractivity contribution >= 4 is 17.1 Å². The van der Waals surface area contributed by atoms with E-state index in [-0.39, 0.29) is 11.9 Å². The van der Waals surface area contributed by atoms with Gasteiger partial charge in [-0.05, 0) is 25.1 Å². The molecular formula is C18H18FN3O2. The highest BCUT2D eigenvalue weighted by Crippen LogP contribution is 2.23. The zero-order valence-electron chi connectivity index (χ0n) is 13.5. The second-order valence-electron chi connectivity index (χ2n) is 5.49. The minimum Gasteiger partial charge on any atom is -0.453 e. The molecule has 6 heteroatoms. The molecule has 0 fully saturated rings. The van der Waals surface area contributed by atoms with E-state index in [1.54, 1.807) is 18.2 Å². The van der Waals surface area contributed by atoms with Gasteiger partial charge in [0.15, 0.2) is 0 Å². The SMILES string of the molecule is COC(=O)N[C@@H](C)c1nc2ccccc2n1Cc1ccccc1F. The summed E-state index contributed by atoms with van der Waals surface area (Å²) in [6.07, 6.45) is -0.535. The summed E-state index contributed by atoms with van der Waals surface area (Å²) in [5.74, 6) is 0.375. The number of carbonyl (C=O) groups is 1. The first kappa shape index (κ1) is 16.0. The minimum atomic E-state index is -0.535. The number of aromatic nitrogens is 2. The van der Waals surface area contributed by atoms with Crippen LogP contribution in [0.2, 0.25) is 0 Å². The lowest BCUT2D eigenvalue weighted by Crippen LogP contribution is -2.28. The molecule has 0 radical (unpaired) electrons. The van der Waals surface area contributed by atoms with Gasteiger partial charge in [-0.25, -0.2) is 14.2 Å². The van der Waals surface area contributed by atoms with Crippen molar-refractivity contribution in [1.82, 2.24) is 14.9 Å². The Labute approximate surface area is 139 Å². The Morgan fingerprint density at radius 2 is 1.96 bits per heavy atom. The highest BCUT2D eigenvalue weighted by molar-refractivity contribution is 5.76. The highest BCUT2D eigenvalue weighted by Gasteiger charge is 2.19. The van der Waals surface area contributed by atoms with Crippen LogP contribution < -0.4 is 5.32 Å². The number of fused-ring (bicyclic) bond motifs is 1. The first-order chi connectivity index (χ1) is 11.6. The van der Waals surface area contributed by atoms with Gasteiger partial charge in [0.25, 0.3) is 0 Å². The van der Waals surface area contributed by atoms with Gasteiger partial charge in [-0.15, -0.1) is 0 Å². The molecule has 0 bridgehead atoms. The number of carbonyl (C=O) groups excluding carboxylic acids is 1. The maximum Gasteiger partial charge on any atom is 0.407 e. The van der Waals surface area contributed by atoms with Gasteiger partial charge in [-0.2, -0.15) is 0 Å². The number of hydrogen-bond donors (Lipinski definition) is 1. The summed E-state index contributed by atoms with van der Waals surface area (Å²) in [7, 11) is 1.31. The second-order valence-corrected chi connectivity index (χ2v) is 5.49. The Hall–Kier alpha value is -2.89. The molecule has 5 nitrogen and oxygen atoms in total. The smallest absolute Gasteiger partial charge is 0.407 e. The summed E-state index contributed by atoms with van der Waals surface area (Å²) in [5, 5.41) is 2.71. The van der Waals surface area contributed by atoms with Gasteiger partial charge >= 0.3 is 6.09 Å². The summed E-state index contributed by atoms with van der Waals surface area (Å²) in [4.78, 5) is 16.1. The number of benzene rings is 2. The standard InChI is InChI=1S/C18H18FN3O2/c1-12(20-18(23)24-2)17-21-15-9-5-6-10-16(15)22(17)11-13-7-3-4-8-14(13)19/h3-10,12H,11H2,1-2H3,(H,20,23)/t12-/m0/s1. The third-order valence-electron chi connectivity index (χ3n) is 3.88. The van der Waals surface area contributed by atoms with Crippen molar-refractivity contribution < 1.29 is 13.9 Å². The topological polar surface area (TPSA) is 56.1 Å². The normalized spacial score (nSPS) is 12.1. The van der Waals surface area contributed by atoms with Crippen LogP contribution in [0.3, 0.4) is 0 Å². The monoisotopic (exact) mass is 327 g/mol. The number of imidazole rings is 1. The van der Waals surface area contributed by atoms with Crippen LogP contribution in [0.4, 0.5) is 9.18 Å². The molecule has 124 valence electrons. The molecule has 3 rings (SSSR count). The van der Waals surface area contributed by atoms with E-state index in [1.165, 1.54) is 13.2 Å².